The number of morpholine rings is 1. The van der Waals surface area contributed by atoms with E-state index in [-0.39, 0.29) is 11.4 Å². The molecule has 0 aromatic heterocycles. The summed E-state index contributed by atoms with van der Waals surface area (Å²) in [6.07, 6.45) is 1.81. The van der Waals surface area contributed by atoms with Gasteiger partial charge < -0.3 is 15.0 Å². The summed E-state index contributed by atoms with van der Waals surface area (Å²) < 4.78 is 5.38. The van der Waals surface area contributed by atoms with Crippen molar-refractivity contribution in [3.8, 4) is 0 Å². The van der Waals surface area contributed by atoms with E-state index < -0.39 is 0 Å². The zero-order valence-electron chi connectivity index (χ0n) is 13.3. The Morgan fingerprint density at radius 2 is 2.00 bits per heavy atom. The lowest BCUT2D eigenvalue weighted by atomic mass is 10.1. The summed E-state index contributed by atoms with van der Waals surface area (Å²) in [4.78, 5) is 17.0. The molecule has 5 heteroatoms. The average molecular weight is 283 g/mol. The van der Waals surface area contributed by atoms with Gasteiger partial charge in [0, 0.05) is 31.1 Å². The molecule has 0 bridgehead atoms. The minimum atomic E-state index is -0.126. The van der Waals surface area contributed by atoms with Crippen LogP contribution in [0.3, 0.4) is 0 Å². The quantitative estimate of drug-likeness (QED) is 0.814. The predicted molar refractivity (Wildman–Crippen MR) is 79.4 cm³/mol. The van der Waals surface area contributed by atoms with Crippen LogP contribution >= 0.6 is 0 Å². The van der Waals surface area contributed by atoms with E-state index in [1.165, 1.54) is 0 Å². The molecule has 1 heterocycles. The maximum Gasteiger partial charge on any atom is 0.224 e. The van der Waals surface area contributed by atoms with Gasteiger partial charge in [0.2, 0.25) is 5.91 Å². The molecule has 1 aliphatic carbocycles. The Hall–Kier alpha value is -0.650. The third-order valence-corrected chi connectivity index (χ3v) is 4.29. The van der Waals surface area contributed by atoms with Crippen LogP contribution in [0.1, 0.15) is 33.6 Å². The van der Waals surface area contributed by atoms with E-state index in [1.807, 2.05) is 11.9 Å². The Morgan fingerprint density at radius 3 is 2.50 bits per heavy atom. The van der Waals surface area contributed by atoms with Crippen molar-refractivity contribution in [3.05, 3.63) is 0 Å². The molecule has 1 amide bonds. The Morgan fingerprint density at radius 1 is 1.35 bits per heavy atom. The Balaban J connectivity index is 1.90. The number of amides is 1. The molecule has 5 nitrogen and oxygen atoms in total. The van der Waals surface area contributed by atoms with E-state index in [1.54, 1.807) is 0 Å². The Kier molecular flexibility index (Phi) is 5.04. The van der Waals surface area contributed by atoms with Crippen LogP contribution in [0.5, 0.6) is 0 Å². The first-order valence-electron chi connectivity index (χ1n) is 7.69. The summed E-state index contributed by atoms with van der Waals surface area (Å²) in [5, 5.41) is 3.26. The highest BCUT2D eigenvalue weighted by atomic mass is 16.5. The van der Waals surface area contributed by atoms with Crippen LogP contribution in [-0.4, -0.2) is 67.3 Å². The molecule has 0 spiro atoms. The second-order valence-electron chi connectivity index (χ2n) is 6.96. The highest BCUT2D eigenvalue weighted by Gasteiger charge is 2.39. The summed E-state index contributed by atoms with van der Waals surface area (Å²) in [6.45, 7) is 10.5. The molecule has 0 radical (unpaired) electrons. The highest BCUT2D eigenvalue weighted by Crippen LogP contribution is 2.34. The molecule has 0 aromatic carbocycles. The molecule has 116 valence electrons. The van der Waals surface area contributed by atoms with Crippen molar-refractivity contribution in [2.24, 2.45) is 5.92 Å². The molecule has 1 N–H and O–H groups in total. The molecule has 2 rings (SSSR count). The number of hydrogen-bond donors (Lipinski definition) is 1. The molecule has 0 aromatic rings. The van der Waals surface area contributed by atoms with Gasteiger partial charge in [-0.05, 0) is 40.2 Å². The first-order valence-corrected chi connectivity index (χ1v) is 7.69. The van der Waals surface area contributed by atoms with Gasteiger partial charge in [-0.25, -0.2) is 0 Å². The predicted octanol–water partition coefficient (Wildman–Crippen LogP) is 0.901. The van der Waals surface area contributed by atoms with Crippen LogP contribution in [0.2, 0.25) is 0 Å². The zero-order valence-corrected chi connectivity index (χ0v) is 13.3. The lowest BCUT2D eigenvalue weighted by molar-refractivity contribution is -0.140. The monoisotopic (exact) mass is 283 g/mol. The lowest BCUT2D eigenvalue weighted by Gasteiger charge is -2.40. The van der Waals surface area contributed by atoms with Gasteiger partial charge in [0.25, 0.3) is 0 Å². The molecule has 1 saturated carbocycles. The topological polar surface area (TPSA) is 44.8 Å². The fourth-order valence-electron chi connectivity index (χ4n) is 2.77. The fraction of sp³-hybridized carbons (Fsp3) is 0.933. The van der Waals surface area contributed by atoms with Gasteiger partial charge in [-0.15, -0.1) is 0 Å². The van der Waals surface area contributed by atoms with Crippen molar-refractivity contribution in [2.75, 3.05) is 40.0 Å². The molecule has 1 aliphatic heterocycles. The number of ether oxygens (including phenoxy) is 1. The maximum absolute atomic E-state index is 12.6. The molecule has 20 heavy (non-hydrogen) atoms. The summed E-state index contributed by atoms with van der Waals surface area (Å²) in [5.74, 6) is 0.814. The summed E-state index contributed by atoms with van der Waals surface area (Å²) >= 11 is 0. The SMILES string of the molecule is CNC1CC1CC(=O)N(CN1CCOCC1)C(C)(C)C. The largest absolute Gasteiger partial charge is 0.379 e. The molecular formula is C15H29N3O2. The van der Waals surface area contributed by atoms with Gasteiger partial charge in [0.1, 0.15) is 0 Å². The van der Waals surface area contributed by atoms with Crippen molar-refractivity contribution in [2.45, 2.75) is 45.2 Å². The van der Waals surface area contributed by atoms with E-state index in [9.17, 15) is 4.79 Å². The first kappa shape index (κ1) is 15.7. The second kappa shape index (κ2) is 6.41. The van der Waals surface area contributed by atoms with Crippen LogP contribution in [0.15, 0.2) is 0 Å². The van der Waals surface area contributed by atoms with E-state index in [4.69, 9.17) is 4.74 Å². The third-order valence-electron chi connectivity index (χ3n) is 4.29. The number of rotatable bonds is 5. The van der Waals surface area contributed by atoms with Crippen molar-refractivity contribution in [1.82, 2.24) is 15.1 Å². The third kappa shape index (κ3) is 4.17. The molecule has 2 unspecified atom stereocenters. The maximum atomic E-state index is 12.6. The number of carbonyl (C=O) groups excluding carboxylic acids is 1. The van der Waals surface area contributed by atoms with E-state index in [0.717, 1.165) is 39.4 Å². The van der Waals surface area contributed by atoms with Crippen molar-refractivity contribution in [1.29, 1.82) is 0 Å². The lowest BCUT2D eigenvalue weighted by Crippen LogP contribution is -2.53. The number of carbonyl (C=O) groups is 1. The zero-order chi connectivity index (χ0) is 14.8. The number of nitrogens with zero attached hydrogens (tertiary/aromatic N) is 2. The van der Waals surface area contributed by atoms with Crippen molar-refractivity contribution in [3.63, 3.8) is 0 Å². The van der Waals surface area contributed by atoms with Crippen molar-refractivity contribution >= 4 is 5.91 Å². The van der Waals surface area contributed by atoms with Crippen molar-refractivity contribution < 1.29 is 9.53 Å². The van der Waals surface area contributed by atoms with Gasteiger partial charge in [0.05, 0.1) is 19.9 Å². The summed E-state index contributed by atoms with van der Waals surface area (Å²) in [5.41, 5.74) is -0.126. The van der Waals surface area contributed by atoms with Gasteiger partial charge in [-0.1, -0.05) is 0 Å². The molecule has 2 atom stereocenters. The van der Waals surface area contributed by atoms with E-state index in [2.05, 4.69) is 31.0 Å². The van der Waals surface area contributed by atoms with Gasteiger partial charge >= 0.3 is 0 Å². The highest BCUT2D eigenvalue weighted by molar-refractivity contribution is 5.77. The van der Waals surface area contributed by atoms with Crippen LogP contribution in [0.25, 0.3) is 0 Å². The van der Waals surface area contributed by atoms with Gasteiger partial charge in [-0.3, -0.25) is 9.69 Å². The van der Waals surface area contributed by atoms with Crippen LogP contribution in [-0.2, 0) is 9.53 Å². The Bertz CT molecular complexity index is 335. The van der Waals surface area contributed by atoms with Gasteiger partial charge in [0.15, 0.2) is 0 Å². The molecule has 2 aliphatic rings. The van der Waals surface area contributed by atoms with E-state index in [0.29, 0.717) is 18.4 Å². The first-order chi connectivity index (χ1) is 9.41. The number of nitrogens with one attached hydrogen (secondary N) is 1. The smallest absolute Gasteiger partial charge is 0.224 e. The molecular weight excluding hydrogens is 254 g/mol. The number of hydrogen-bond acceptors (Lipinski definition) is 4. The van der Waals surface area contributed by atoms with Crippen LogP contribution < -0.4 is 5.32 Å². The minimum absolute atomic E-state index is 0.126. The Labute approximate surface area is 122 Å². The normalized spacial score (nSPS) is 27.4. The second-order valence-corrected chi connectivity index (χ2v) is 6.96. The average Bonchev–Trinajstić information content (AvgIpc) is 3.14. The molecule has 2 fully saturated rings. The fourth-order valence-corrected chi connectivity index (χ4v) is 2.77. The minimum Gasteiger partial charge on any atom is -0.379 e. The van der Waals surface area contributed by atoms with E-state index >= 15 is 0 Å². The molecule has 1 saturated heterocycles. The standard InChI is InChI=1S/C15H29N3O2/c1-15(2,3)18(11-17-5-7-20-8-6-17)14(19)10-12-9-13(12)16-4/h12-13,16H,5-11H2,1-4H3. The summed E-state index contributed by atoms with van der Waals surface area (Å²) in [7, 11) is 1.98. The summed E-state index contributed by atoms with van der Waals surface area (Å²) in [6, 6.07) is 0.546. The van der Waals surface area contributed by atoms with Crippen LogP contribution in [0, 0.1) is 5.92 Å². The van der Waals surface area contributed by atoms with Crippen LogP contribution in [0.4, 0.5) is 0 Å². The van der Waals surface area contributed by atoms with Gasteiger partial charge in [-0.2, -0.15) is 0 Å².